The number of carbonyl (C=O) groups excluding carboxylic acids is 1. The first-order valence-electron chi connectivity index (χ1n) is 10.1. The third-order valence-electron chi connectivity index (χ3n) is 5.37. The Hall–Kier alpha value is -3.28. The number of allylic oxidation sites excluding steroid dienone is 1. The van der Waals surface area contributed by atoms with E-state index in [0.29, 0.717) is 6.42 Å². The fraction of sp³-hybridized carbons (Fsp3) is 0.0357. The lowest BCUT2D eigenvalue weighted by Gasteiger charge is -2.28. The second-order valence-electron chi connectivity index (χ2n) is 7.21. The maximum absolute atomic E-state index is 13.2. The number of hydrogen-bond donors (Lipinski definition) is 0. The molecule has 1 nitrogen and oxygen atoms in total. The quantitative estimate of drug-likeness (QED) is 0.281. The van der Waals surface area contributed by atoms with Crippen molar-refractivity contribution < 1.29 is 4.79 Å². The lowest BCUT2D eigenvalue weighted by Crippen LogP contribution is -2.32. The van der Waals surface area contributed by atoms with Crippen LogP contribution in [-0.4, -0.2) is 5.78 Å². The summed E-state index contributed by atoms with van der Waals surface area (Å²) in [5, 5.41) is 4.62. The van der Waals surface area contributed by atoms with Gasteiger partial charge in [0.15, 0.2) is 5.78 Å². The van der Waals surface area contributed by atoms with Gasteiger partial charge in [0.1, 0.15) is 23.2 Å². The van der Waals surface area contributed by atoms with Gasteiger partial charge in [-0.1, -0.05) is 91.5 Å². The molecule has 0 heterocycles. The molecule has 0 aliphatic rings. The van der Waals surface area contributed by atoms with E-state index in [9.17, 15) is 4.79 Å². The molecule has 0 unspecified atom stereocenters. The Morgan fingerprint density at radius 3 is 1.27 bits per heavy atom. The molecular weight excluding hydrogens is 383 g/mol. The van der Waals surface area contributed by atoms with Crippen molar-refractivity contribution in [2.75, 3.05) is 0 Å². The highest BCUT2D eigenvalue weighted by Crippen LogP contribution is 2.62. The Morgan fingerprint density at radius 2 is 0.900 bits per heavy atom. The normalized spacial score (nSPS) is 11.1. The van der Waals surface area contributed by atoms with E-state index in [-0.39, 0.29) is 5.78 Å². The zero-order chi connectivity index (χ0) is 20.8. The second kappa shape index (κ2) is 9.03. The minimum absolute atomic E-state index is 0.104. The first-order valence-corrected chi connectivity index (χ1v) is 11.8. The SMILES string of the molecule is C=C(CC(=O)c1ccccc1)[P+](c1ccccc1)(c1ccccc1)c1ccccc1. The number of rotatable bonds is 7. The standard InChI is InChI=1S/C28H24OP/c1-23(22-28(29)24-14-6-2-7-15-24)30(25-16-8-3-9-17-25,26-18-10-4-11-19-26)27-20-12-5-13-21-27/h2-21H,1,22H2/q+1. The summed E-state index contributed by atoms with van der Waals surface area (Å²) in [6.45, 7) is 4.55. The largest absolute Gasteiger partial charge is 0.294 e. The van der Waals surface area contributed by atoms with Crippen molar-refractivity contribution in [3.63, 3.8) is 0 Å². The van der Waals surface area contributed by atoms with E-state index in [1.165, 1.54) is 15.9 Å². The first kappa shape index (κ1) is 20.0. The Morgan fingerprint density at radius 1 is 0.567 bits per heavy atom. The summed E-state index contributed by atoms with van der Waals surface area (Å²) >= 11 is 0. The van der Waals surface area contributed by atoms with Crippen molar-refractivity contribution >= 4 is 29.0 Å². The molecule has 0 saturated carbocycles. The number of Topliss-reactive ketones (excluding diaryl/α,β-unsaturated/α-hetero) is 1. The molecule has 0 radical (unpaired) electrons. The third-order valence-corrected chi connectivity index (χ3v) is 9.69. The minimum atomic E-state index is -2.23. The third kappa shape index (κ3) is 3.77. The highest BCUT2D eigenvalue weighted by molar-refractivity contribution is 7.99. The van der Waals surface area contributed by atoms with Crippen LogP contribution in [0, 0.1) is 0 Å². The van der Waals surface area contributed by atoms with Gasteiger partial charge in [0.25, 0.3) is 0 Å². The van der Waals surface area contributed by atoms with E-state index in [1.54, 1.807) is 0 Å². The van der Waals surface area contributed by atoms with E-state index in [0.717, 1.165) is 10.9 Å². The molecule has 2 heteroatoms. The van der Waals surface area contributed by atoms with Crippen molar-refractivity contribution in [3.05, 3.63) is 139 Å². The highest BCUT2D eigenvalue weighted by Gasteiger charge is 2.48. The molecule has 30 heavy (non-hydrogen) atoms. The predicted molar refractivity (Wildman–Crippen MR) is 130 cm³/mol. The summed E-state index contributed by atoms with van der Waals surface area (Å²) in [7, 11) is -2.23. The molecule has 0 N–H and O–H groups in total. The molecular formula is C28H24OP+. The van der Waals surface area contributed by atoms with Crippen molar-refractivity contribution in [2.45, 2.75) is 6.42 Å². The van der Waals surface area contributed by atoms with Crippen LogP contribution in [0.3, 0.4) is 0 Å². The Labute approximate surface area is 179 Å². The average molecular weight is 407 g/mol. The summed E-state index contributed by atoms with van der Waals surface area (Å²) in [6.07, 6.45) is 0.316. The van der Waals surface area contributed by atoms with Crippen LogP contribution in [0.15, 0.2) is 133 Å². The number of benzene rings is 4. The van der Waals surface area contributed by atoms with E-state index in [1.807, 2.05) is 48.5 Å². The molecule has 0 aliphatic carbocycles. The predicted octanol–water partition coefficient (Wildman–Crippen LogP) is 5.77. The summed E-state index contributed by atoms with van der Waals surface area (Å²) in [5.41, 5.74) is 0.728. The van der Waals surface area contributed by atoms with Gasteiger partial charge in [-0.05, 0) is 36.4 Å². The van der Waals surface area contributed by atoms with Gasteiger partial charge in [-0.15, -0.1) is 0 Å². The zero-order valence-electron chi connectivity index (χ0n) is 16.8. The van der Waals surface area contributed by atoms with Gasteiger partial charge >= 0.3 is 0 Å². The molecule has 0 fully saturated rings. The minimum Gasteiger partial charge on any atom is -0.294 e. The van der Waals surface area contributed by atoms with Crippen LogP contribution in [0.4, 0.5) is 0 Å². The van der Waals surface area contributed by atoms with Crippen LogP contribution in [0.25, 0.3) is 0 Å². The molecule has 0 aliphatic heterocycles. The van der Waals surface area contributed by atoms with Crippen LogP contribution in [-0.2, 0) is 0 Å². The van der Waals surface area contributed by atoms with Crippen molar-refractivity contribution in [1.82, 2.24) is 0 Å². The number of hydrogen-bond acceptors (Lipinski definition) is 1. The summed E-state index contributed by atoms with van der Waals surface area (Å²) in [5.74, 6) is 0.104. The van der Waals surface area contributed by atoms with E-state index >= 15 is 0 Å². The molecule has 4 aromatic carbocycles. The monoisotopic (exact) mass is 407 g/mol. The molecule has 0 amide bonds. The van der Waals surface area contributed by atoms with Gasteiger partial charge in [-0.25, -0.2) is 0 Å². The van der Waals surface area contributed by atoms with Gasteiger partial charge in [-0.3, -0.25) is 4.79 Å². The van der Waals surface area contributed by atoms with Crippen molar-refractivity contribution in [1.29, 1.82) is 0 Å². The zero-order valence-corrected chi connectivity index (χ0v) is 17.7. The smallest absolute Gasteiger partial charge is 0.170 e. The molecule has 0 spiro atoms. The number of carbonyl (C=O) groups is 1. The van der Waals surface area contributed by atoms with E-state index in [2.05, 4.69) is 79.4 Å². The Bertz CT molecular complexity index is 1020. The highest BCUT2D eigenvalue weighted by atomic mass is 31.2. The van der Waals surface area contributed by atoms with Crippen LogP contribution in [0.5, 0.6) is 0 Å². The van der Waals surface area contributed by atoms with Crippen molar-refractivity contribution in [3.8, 4) is 0 Å². The van der Waals surface area contributed by atoms with Gasteiger partial charge < -0.3 is 0 Å². The summed E-state index contributed by atoms with van der Waals surface area (Å²) < 4.78 is 0. The average Bonchev–Trinajstić information content (AvgIpc) is 2.82. The molecule has 0 aromatic heterocycles. The topological polar surface area (TPSA) is 17.1 Å². The molecule has 146 valence electrons. The van der Waals surface area contributed by atoms with Gasteiger partial charge in [0.05, 0.1) is 11.7 Å². The molecule has 4 aromatic rings. The lowest BCUT2D eigenvalue weighted by molar-refractivity contribution is 0.0995. The maximum Gasteiger partial charge on any atom is 0.170 e. The molecule has 0 atom stereocenters. The van der Waals surface area contributed by atoms with Crippen LogP contribution >= 0.6 is 7.26 Å². The Balaban J connectivity index is 1.91. The van der Waals surface area contributed by atoms with Gasteiger partial charge in [-0.2, -0.15) is 0 Å². The van der Waals surface area contributed by atoms with Crippen LogP contribution in [0.2, 0.25) is 0 Å². The van der Waals surface area contributed by atoms with E-state index < -0.39 is 7.26 Å². The summed E-state index contributed by atoms with van der Waals surface area (Å²) in [4.78, 5) is 13.2. The van der Waals surface area contributed by atoms with E-state index in [4.69, 9.17) is 0 Å². The molecule has 0 saturated heterocycles. The fourth-order valence-corrected chi connectivity index (χ4v) is 8.21. The van der Waals surface area contributed by atoms with Crippen LogP contribution < -0.4 is 15.9 Å². The maximum atomic E-state index is 13.2. The second-order valence-corrected chi connectivity index (χ2v) is 10.7. The molecule has 0 bridgehead atoms. The lowest BCUT2D eigenvalue weighted by atomic mass is 10.1. The van der Waals surface area contributed by atoms with Gasteiger partial charge in [0.2, 0.25) is 0 Å². The Kier molecular flexibility index (Phi) is 6.02. The number of ketones is 1. The van der Waals surface area contributed by atoms with Gasteiger partial charge in [0, 0.05) is 5.56 Å². The van der Waals surface area contributed by atoms with Crippen molar-refractivity contribution in [2.24, 2.45) is 0 Å². The summed E-state index contributed by atoms with van der Waals surface area (Å²) in [6, 6.07) is 41.1. The van der Waals surface area contributed by atoms with Crippen LogP contribution in [0.1, 0.15) is 16.8 Å². The fourth-order valence-electron chi connectivity index (χ4n) is 3.98. The first-order chi connectivity index (χ1) is 14.7. The molecule has 4 rings (SSSR count).